The van der Waals surface area contributed by atoms with Crippen LogP contribution in [0.1, 0.15) is 33.6 Å². The topological polar surface area (TPSA) is 62.3 Å². The summed E-state index contributed by atoms with van der Waals surface area (Å²) >= 11 is 0. The van der Waals surface area contributed by atoms with E-state index in [0.717, 1.165) is 25.9 Å². The predicted octanol–water partition coefficient (Wildman–Crippen LogP) is 0.677. The van der Waals surface area contributed by atoms with Gasteiger partial charge in [0.15, 0.2) is 0 Å². The lowest BCUT2D eigenvalue weighted by molar-refractivity contribution is 0.0621. The van der Waals surface area contributed by atoms with Gasteiger partial charge in [-0.15, -0.1) is 0 Å². The lowest BCUT2D eigenvalue weighted by Crippen LogP contribution is -2.40. The van der Waals surface area contributed by atoms with Crippen molar-refractivity contribution >= 4 is 11.8 Å². The van der Waals surface area contributed by atoms with E-state index in [0.29, 0.717) is 23.6 Å². The number of nitrogens with one attached hydrogen (secondary N) is 1. The minimum atomic E-state index is -0.200. The predicted molar refractivity (Wildman–Crippen MR) is 65.2 cm³/mol. The summed E-state index contributed by atoms with van der Waals surface area (Å²) in [5.41, 5.74) is 0.921. The van der Waals surface area contributed by atoms with E-state index in [9.17, 15) is 9.59 Å². The molecule has 1 aromatic heterocycles. The molecule has 5 heteroatoms. The number of aromatic nitrogens is 1. The van der Waals surface area contributed by atoms with Gasteiger partial charge in [-0.05, 0) is 37.9 Å². The van der Waals surface area contributed by atoms with Crippen molar-refractivity contribution in [1.82, 2.24) is 15.2 Å². The molecule has 1 saturated heterocycles. The highest BCUT2D eigenvalue weighted by molar-refractivity contribution is 6.21. The Hall–Kier alpha value is -1.75. The van der Waals surface area contributed by atoms with Gasteiger partial charge in [0.25, 0.3) is 11.8 Å². The summed E-state index contributed by atoms with van der Waals surface area (Å²) < 4.78 is 0. The minimum Gasteiger partial charge on any atom is -0.316 e. The molecule has 1 unspecified atom stereocenters. The molecule has 5 nitrogen and oxygen atoms in total. The Balaban J connectivity index is 1.79. The molecule has 1 fully saturated rings. The molecule has 2 aliphatic rings. The van der Waals surface area contributed by atoms with E-state index >= 15 is 0 Å². The number of hydrogen-bond donors (Lipinski definition) is 1. The van der Waals surface area contributed by atoms with Crippen molar-refractivity contribution in [2.24, 2.45) is 5.92 Å². The van der Waals surface area contributed by atoms with Crippen molar-refractivity contribution in [2.45, 2.75) is 12.8 Å². The first-order valence-electron chi connectivity index (χ1n) is 6.28. The molecule has 18 heavy (non-hydrogen) atoms. The molecular formula is C13H15N3O2. The van der Waals surface area contributed by atoms with Crippen molar-refractivity contribution < 1.29 is 9.59 Å². The molecule has 3 heterocycles. The van der Waals surface area contributed by atoms with Gasteiger partial charge < -0.3 is 5.32 Å². The summed E-state index contributed by atoms with van der Waals surface area (Å²) in [7, 11) is 0. The third kappa shape index (κ3) is 1.80. The van der Waals surface area contributed by atoms with Gasteiger partial charge in [0.2, 0.25) is 0 Å². The zero-order valence-corrected chi connectivity index (χ0v) is 10.1. The second-order valence-corrected chi connectivity index (χ2v) is 4.85. The number of fused-ring (bicyclic) bond motifs is 1. The number of pyridine rings is 1. The van der Waals surface area contributed by atoms with Crippen LogP contribution >= 0.6 is 0 Å². The van der Waals surface area contributed by atoms with Crippen LogP contribution in [-0.2, 0) is 0 Å². The summed E-state index contributed by atoms with van der Waals surface area (Å²) in [6.45, 7) is 2.42. The quantitative estimate of drug-likeness (QED) is 0.778. The molecule has 94 valence electrons. The van der Waals surface area contributed by atoms with Crippen molar-refractivity contribution in [3.05, 3.63) is 29.6 Å². The summed E-state index contributed by atoms with van der Waals surface area (Å²) in [6, 6.07) is 1.62. The van der Waals surface area contributed by atoms with Gasteiger partial charge >= 0.3 is 0 Å². The van der Waals surface area contributed by atoms with Gasteiger partial charge in [0.1, 0.15) is 0 Å². The first-order valence-corrected chi connectivity index (χ1v) is 6.28. The zero-order chi connectivity index (χ0) is 12.5. The number of carbonyl (C=O) groups is 2. The number of rotatable bonds is 2. The van der Waals surface area contributed by atoms with E-state index in [2.05, 4.69) is 10.3 Å². The fraction of sp³-hybridized carbons (Fsp3) is 0.462. The fourth-order valence-corrected chi connectivity index (χ4v) is 2.64. The largest absolute Gasteiger partial charge is 0.316 e. The Morgan fingerprint density at radius 2 is 2.17 bits per heavy atom. The van der Waals surface area contributed by atoms with E-state index in [1.807, 2.05) is 0 Å². The Kier molecular flexibility index (Phi) is 2.83. The van der Waals surface area contributed by atoms with E-state index in [1.54, 1.807) is 12.3 Å². The number of hydrogen-bond acceptors (Lipinski definition) is 4. The molecule has 0 aliphatic carbocycles. The summed E-state index contributed by atoms with van der Waals surface area (Å²) in [5, 5.41) is 3.30. The summed E-state index contributed by atoms with van der Waals surface area (Å²) in [6.07, 6.45) is 5.21. The Bertz CT molecular complexity index is 460. The molecule has 0 saturated carbocycles. The lowest BCUT2D eigenvalue weighted by atomic mass is 9.99. The van der Waals surface area contributed by atoms with E-state index < -0.39 is 0 Å². The fourth-order valence-electron chi connectivity index (χ4n) is 2.64. The molecule has 0 spiro atoms. The smallest absolute Gasteiger partial charge is 0.263 e. The minimum absolute atomic E-state index is 0.178. The maximum atomic E-state index is 12.1. The average molecular weight is 245 g/mol. The SMILES string of the molecule is O=C1c2ccncc2C(=O)N1CC1CCCNC1. The number of imide groups is 1. The molecule has 3 rings (SSSR count). The van der Waals surface area contributed by atoms with Crippen LogP contribution in [0.4, 0.5) is 0 Å². The first kappa shape index (κ1) is 11.3. The van der Waals surface area contributed by atoms with Gasteiger partial charge in [-0.1, -0.05) is 0 Å². The molecule has 0 aromatic carbocycles. The second-order valence-electron chi connectivity index (χ2n) is 4.85. The zero-order valence-electron chi connectivity index (χ0n) is 10.1. The van der Waals surface area contributed by atoms with E-state index in [1.165, 1.54) is 11.1 Å². The monoisotopic (exact) mass is 245 g/mol. The molecule has 0 bridgehead atoms. The molecule has 1 aromatic rings. The van der Waals surface area contributed by atoms with Crippen molar-refractivity contribution in [3.63, 3.8) is 0 Å². The first-order chi connectivity index (χ1) is 8.77. The standard InChI is InChI=1S/C13H15N3O2/c17-12-10-3-5-15-7-11(10)13(18)16(12)8-9-2-1-4-14-6-9/h3,5,7,9,14H,1-2,4,6,8H2. The van der Waals surface area contributed by atoms with Gasteiger partial charge in [0.05, 0.1) is 11.1 Å². The van der Waals surface area contributed by atoms with Crippen LogP contribution in [0.5, 0.6) is 0 Å². The average Bonchev–Trinajstić information content (AvgIpc) is 2.66. The highest BCUT2D eigenvalue weighted by Crippen LogP contribution is 2.23. The van der Waals surface area contributed by atoms with Crippen LogP contribution in [-0.4, -0.2) is 41.3 Å². The van der Waals surface area contributed by atoms with Crippen molar-refractivity contribution in [2.75, 3.05) is 19.6 Å². The number of amides is 2. The van der Waals surface area contributed by atoms with Crippen molar-refractivity contribution in [1.29, 1.82) is 0 Å². The van der Waals surface area contributed by atoms with Crippen LogP contribution in [0.15, 0.2) is 18.5 Å². The Morgan fingerprint density at radius 1 is 1.33 bits per heavy atom. The number of nitrogens with zero attached hydrogens (tertiary/aromatic N) is 2. The molecular weight excluding hydrogens is 230 g/mol. The normalized spacial score (nSPS) is 23.3. The third-order valence-electron chi connectivity index (χ3n) is 3.61. The van der Waals surface area contributed by atoms with Gasteiger partial charge in [0, 0.05) is 18.9 Å². The maximum absolute atomic E-state index is 12.1. The molecule has 2 aliphatic heterocycles. The number of carbonyl (C=O) groups excluding carboxylic acids is 2. The van der Waals surface area contributed by atoms with Crippen LogP contribution in [0, 0.1) is 5.92 Å². The maximum Gasteiger partial charge on any atom is 0.263 e. The molecule has 2 amide bonds. The highest BCUT2D eigenvalue weighted by Gasteiger charge is 2.36. The van der Waals surface area contributed by atoms with Crippen molar-refractivity contribution in [3.8, 4) is 0 Å². The van der Waals surface area contributed by atoms with Gasteiger partial charge in [-0.25, -0.2) is 0 Å². The Morgan fingerprint density at radius 3 is 2.89 bits per heavy atom. The van der Waals surface area contributed by atoms with Gasteiger partial charge in [-0.3, -0.25) is 19.5 Å². The summed E-state index contributed by atoms with van der Waals surface area (Å²) in [5.74, 6) is -0.00873. The highest BCUT2D eigenvalue weighted by atomic mass is 16.2. The molecule has 1 atom stereocenters. The van der Waals surface area contributed by atoms with Crippen LogP contribution in [0.2, 0.25) is 0 Å². The van der Waals surface area contributed by atoms with Gasteiger partial charge in [-0.2, -0.15) is 0 Å². The van der Waals surface area contributed by atoms with Crippen LogP contribution in [0.3, 0.4) is 0 Å². The Labute approximate surface area is 105 Å². The summed E-state index contributed by atoms with van der Waals surface area (Å²) in [4.78, 5) is 29.5. The number of piperidine rings is 1. The van der Waals surface area contributed by atoms with E-state index in [-0.39, 0.29) is 11.8 Å². The van der Waals surface area contributed by atoms with Crippen LogP contribution in [0.25, 0.3) is 0 Å². The molecule has 0 radical (unpaired) electrons. The third-order valence-corrected chi connectivity index (χ3v) is 3.61. The molecule has 1 N–H and O–H groups in total. The lowest BCUT2D eigenvalue weighted by Gasteiger charge is -2.26. The van der Waals surface area contributed by atoms with E-state index in [4.69, 9.17) is 0 Å². The second kappa shape index (κ2) is 4.49. The van der Waals surface area contributed by atoms with Crippen LogP contribution < -0.4 is 5.32 Å².